The van der Waals surface area contributed by atoms with Crippen molar-refractivity contribution >= 4 is 22.4 Å². The molecule has 2 N–H and O–H groups in total. The fraction of sp³-hybridized carbons (Fsp3) is 0.294. The molecule has 0 heterocycles. The summed E-state index contributed by atoms with van der Waals surface area (Å²) in [4.78, 5) is 0.647. The van der Waals surface area contributed by atoms with E-state index in [9.17, 15) is 4.21 Å². The normalized spacial score (nSPS) is 14.1. The molecule has 0 fully saturated rings. The molecule has 21 heavy (non-hydrogen) atoms. The van der Waals surface area contributed by atoms with E-state index in [1.165, 1.54) is 5.56 Å². The van der Waals surface area contributed by atoms with Crippen molar-refractivity contribution in [1.29, 1.82) is 0 Å². The lowest BCUT2D eigenvalue weighted by molar-refractivity contribution is 0.675. The van der Waals surface area contributed by atoms with Crippen molar-refractivity contribution < 1.29 is 4.21 Å². The molecule has 0 saturated carbocycles. The lowest BCUT2D eigenvalue weighted by Gasteiger charge is -2.14. The zero-order valence-electron chi connectivity index (χ0n) is 12.3. The smallest absolute Gasteiger partial charge is 0.0574 e. The molecule has 2 unspecified atom stereocenters. The van der Waals surface area contributed by atoms with E-state index in [4.69, 9.17) is 17.3 Å². The molecule has 2 aromatic carbocycles. The molecule has 0 aromatic heterocycles. The number of hydrogen-bond acceptors (Lipinski definition) is 2. The van der Waals surface area contributed by atoms with Gasteiger partial charge in [-0.05, 0) is 29.2 Å². The van der Waals surface area contributed by atoms with Gasteiger partial charge in [-0.25, -0.2) is 0 Å². The Bertz CT molecular complexity index is 625. The minimum Gasteiger partial charge on any atom is -0.323 e. The van der Waals surface area contributed by atoms with Crippen LogP contribution in [0.15, 0.2) is 53.4 Å². The Morgan fingerprint density at radius 1 is 1.05 bits per heavy atom. The molecular weight excluding hydrogens is 302 g/mol. The zero-order chi connectivity index (χ0) is 15.4. The summed E-state index contributed by atoms with van der Waals surface area (Å²) < 4.78 is 12.4. The molecule has 0 aliphatic carbocycles. The maximum absolute atomic E-state index is 12.4. The second-order valence-electron chi connectivity index (χ2n) is 5.37. The van der Waals surface area contributed by atoms with Crippen molar-refractivity contribution in [2.45, 2.75) is 30.7 Å². The van der Waals surface area contributed by atoms with Gasteiger partial charge in [-0.2, -0.15) is 0 Å². The maximum atomic E-state index is 12.4. The Hall–Kier alpha value is -1.16. The lowest BCUT2D eigenvalue weighted by atomic mass is 10.00. The molecule has 0 aliphatic rings. The van der Waals surface area contributed by atoms with E-state index in [0.717, 1.165) is 5.56 Å². The molecule has 2 atom stereocenters. The first-order valence-electron chi connectivity index (χ1n) is 6.97. The van der Waals surface area contributed by atoms with Gasteiger partial charge in [-0.3, -0.25) is 4.21 Å². The lowest BCUT2D eigenvalue weighted by Crippen LogP contribution is -2.18. The van der Waals surface area contributed by atoms with Crippen molar-refractivity contribution in [3.05, 3.63) is 64.7 Å². The summed E-state index contributed by atoms with van der Waals surface area (Å²) in [6.07, 6.45) is 0. The molecule has 112 valence electrons. The Kier molecular flexibility index (Phi) is 5.57. The molecular formula is C17H20ClNOS. The highest BCUT2D eigenvalue weighted by Gasteiger charge is 2.14. The highest BCUT2D eigenvalue weighted by atomic mass is 35.5. The van der Waals surface area contributed by atoms with E-state index in [0.29, 0.717) is 21.6 Å². The third kappa shape index (κ3) is 4.16. The largest absolute Gasteiger partial charge is 0.323 e. The number of nitrogens with two attached hydrogens (primary N) is 1. The van der Waals surface area contributed by atoms with Crippen LogP contribution in [0.4, 0.5) is 0 Å². The number of rotatable bonds is 5. The summed E-state index contributed by atoms with van der Waals surface area (Å²) >= 11 is 6.07. The number of benzene rings is 2. The highest BCUT2D eigenvalue weighted by Crippen LogP contribution is 2.23. The Morgan fingerprint density at radius 3 is 2.19 bits per heavy atom. The second-order valence-corrected chi connectivity index (χ2v) is 7.24. The average Bonchev–Trinajstić information content (AvgIpc) is 2.47. The standard InChI is InChI=1S/C17H20ClNOS/c1-12(2)13-7-9-14(10-8-13)16(19)11-21(20)17-6-4-3-5-15(17)18/h3-10,12,16H,11,19H2,1-2H3. The van der Waals surface area contributed by atoms with Crippen LogP contribution in [0.5, 0.6) is 0 Å². The van der Waals surface area contributed by atoms with Gasteiger partial charge in [0.15, 0.2) is 0 Å². The van der Waals surface area contributed by atoms with Gasteiger partial charge in [0.1, 0.15) is 0 Å². The van der Waals surface area contributed by atoms with Gasteiger partial charge in [0.25, 0.3) is 0 Å². The van der Waals surface area contributed by atoms with Crippen LogP contribution in [-0.2, 0) is 10.8 Å². The molecule has 4 heteroatoms. The highest BCUT2D eigenvalue weighted by molar-refractivity contribution is 7.85. The molecule has 0 spiro atoms. The van der Waals surface area contributed by atoms with Crippen LogP contribution in [0.25, 0.3) is 0 Å². The van der Waals surface area contributed by atoms with E-state index in [1.54, 1.807) is 12.1 Å². The first-order chi connectivity index (χ1) is 9.99. The summed E-state index contributed by atoms with van der Waals surface area (Å²) in [5.74, 6) is 0.859. The van der Waals surface area contributed by atoms with Crippen LogP contribution in [-0.4, -0.2) is 9.96 Å². The molecule has 0 amide bonds. The predicted molar refractivity (Wildman–Crippen MR) is 90.2 cm³/mol. The molecule has 2 rings (SSSR count). The zero-order valence-corrected chi connectivity index (χ0v) is 13.8. The van der Waals surface area contributed by atoms with Crippen molar-refractivity contribution in [2.24, 2.45) is 5.73 Å². The van der Waals surface area contributed by atoms with E-state index >= 15 is 0 Å². The quantitative estimate of drug-likeness (QED) is 0.893. The molecule has 0 saturated heterocycles. The average molecular weight is 322 g/mol. The second kappa shape index (κ2) is 7.21. The van der Waals surface area contributed by atoms with Gasteiger partial charge in [0.05, 0.1) is 20.7 Å². The maximum Gasteiger partial charge on any atom is 0.0574 e. The third-order valence-electron chi connectivity index (χ3n) is 3.44. The van der Waals surface area contributed by atoms with Crippen molar-refractivity contribution in [3.63, 3.8) is 0 Å². The van der Waals surface area contributed by atoms with Crippen molar-refractivity contribution in [2.75, 3.05) is 5.75 Å². The first kappa shape index (κ1) is 16.2. The van der Waals surface area contributed by atoms with Gasteiger partial charge in [-0.15, -0.1) is 0 Å². The van der Waals surface area contributed by atoms with Crippen molar-refractivity contribution in [3.8, 4) is 0 Å². The predicted octanol–water partition coefficient (Wildman–Crippen LogP) is 4.27. The van der Waals surface area contributed by atoms with Crippen LogP contribution in [0.2, 0.25) is 5.02 Å². The van der Waals surface area contributed by atoms with Gasteiger partial charge >= 0.3 is 0 Å². The van der Waals surface area contributed by atoms with E-state index in [2.05, 4.69) is 26.0 Å². The summed E-state index contributed by atoms with van der Waals surface area (Å²) in [5.41, 5.74) is 8.45. The Labute approximate surface area is 133 Å². The Balaban J connectivity index is 2.09. The first-order valence-corrected chi connectivity index (χ1v) is 8.67. The van der Waals surface area contributed by atoms with Crippen LogP contribution in [0.3, 0.4) is 0 Å². The molecule has 2 nitrogen and oxygen atoms in total. The third-order valence-corrected chi connectivity index (χ3v) is 5.39. The van der Waals surface area contributed by atoms with Gasteiger partial charge in [0, 0.05) is 11.8 Å². The van der Waals surface area contributed by atoms with E-state index in [-0.39, 0.29) is 6.04 Å². The summed E-state index contributed by atoms with van der Waals surface area (Å²) in [6, 6.07) is 15.1. The van der Waals surface area contributed by atoms with Gasteiger partial charge in [0.2, 0.25) is 0 Å². The summed E-state index contributed by atoms with van der Waals surface area (Å²) in [5, 5.41) is 0.526. The summed E-state index contributed by atoms with van der Waals surface area (Å²) in [6.45, 7) is 4.31. The van der Waals surface area contributed by atoms with Crippen LogP contribution < -0.4 is 5.73 Å². The molecule has 0 radical (unpaired) electrons. The van der Waals surface area contributed by atoms with Gasteiger partial charge in [-0.1, -0.05) is 61.8 Å². The molecule has 0 aliphatic heterocycles. The molecule has 0 bridgehead atoms. The topological polar surface area (TPSA) is 43.1 Å². The minimum atomic E-state index is -1.20. The molecule has 2 aromatic rings. The van der Waals surface area contributed by atoms with E-state index < -0.39 is 10.8 Å². The summed E-state index contributed by atoms with van der Waals surface area (Å²) in [7, 11) is -1.20. The van der Waals surface area contributed by atoms with Crippen LogP contribution >= 0.6 is 11.6 Å². The van der Waals surface area contributed by atoms with Gasteiger partial charge < -0.3 is 5.73 Å². The number of hydrogen-bond donors (Lipinski definition) is 1. The fourth-order valence-corrected chi connectivity index (χ4v) is 3.71. The van der Waals surface area contributed by atoms with Crippen LogP contribution in [0.1, 0.15) is 36.9 Å². The van der Waals surface area contributed by atoms with Crippen molar-refractivity contribution in [1.82, 2.24) is 0 Å². The van der Waals surface area contributed by atoms with E-state index in [1.807, 2.05) is 24.3 Å². The van der Waals surface area contributed by atoms with Crippen LogP contribution in [0, 0.1) is 0 Å². The monoisotopic (exact) mass is 321 g/mol. The minimum absolute atomic E-state index is 0.261. The Morgan fingerprint density at radius 2 is 1.62 bits per heavy atom. The SMILES string of the molecule is CC(C)c1ccc(C(N)CS(=O)c2ccccc2Cl)cc1. The number of halogens is 1. The fourth-order valence-electron chi connectivity index (χ4n) is 2.11.